The van der Waals surface area contributed by atoms with Crippen molar-refractivity contribution in [1.29, 1.82) is 0 Å². The van der Waals surface area contributed by atoms with Crippen LogP contribution < -0.4 is 0 Å². The molecule has 0 saturated carbocycles. The Morgan fingerprint density at radius 2 is 0.694 bits per heavy atom. The van der Waals surface area contributed by atoms with Gasteiger partial charge in [-0.15, -0.1) is 0 Å². The molecule has 11 aromatic carbocycles. The van der Waals surface area contributed by atoms with E-state index in [0.717, 1.165) is 0 Å². The van der Waals surface area contributed by atoms with Gasteiger partial charge in [-0.1, -0.05) is 194 Å². The molecule has 0 saturated heterocycles. The van der Waals surface area contributed by atoms with Gasteiger partial charge in [-0.05, 0) is 124 Å². The van der Waals surface area contributed by atoms with Crippen molar-refractivity contribution in [2.75, 3.05) is 0 Å². The molecule has 1 heteroatoms. The fourth-order valence-corrected chi connectivity index (χ4v) is 11.7. The van der Waals surface area contributed by atoms with Crippen LogP contribution in [0.15, 0.2) is 224 Å². The third kappa shape index (κ3) is 4.37. The van der Waals surface area contributed by atoms with E-state index in [1.807, 2.05) is 0 Å². The first-order valence-electron chi connectivity index (χ1n) is 21.7. The summed E-state index contributed by atoms with van der Waals surface area (Å²) in [5, 5.41) is 10.3. The number of benzene rings is 11. The van der Waals surface area contributed by atoms with E-state index in [1.54, 1.807) is 0 Å². The second-order valence-electron chi connectivity index (χ2n) is 17.1. The molecule has 14 rings (SSSR count). The van der Waals surface area contributed by atoms with Crippen molar-refractivity contribution in [2.24, 2.45) is 0 Å². The maximum Gasteiger partial charge on any atom is 0.0726 e. The second-order valence-corrected chi connectivity index (χ2v) is 17.1. The maximum absolute atomic E-state index is 2.54. The highest BCUT2D eigenvalue weighted by Gasteiger charge is 2.52. The van der Waals surface area contributed by atoms with Crippen molar-refractivity contribution in [3.63, 3.8) is 0 Å². The summed E-state index contributed by atoms with van der Waals surface area (Å²) < 4.78 is 2.54. The Morgan fingerprint density at radius 3 is 1.35 bits per heavy atom. The standard InChI is InChI=1S/C61H37N/c1-2-19-44-42(17-1)43-18-3-4-20-45(43)52-36-40(31-33-46(44)52)38-15-13-16-39(35-38)41-32-34-50-49-23-8-12-29-57(49)62(59(50)37-41)58-30-14-28-56-60(58)51-24-7-11-27-55(51)61(56)53-25-9-5-21-47(53)48-22-6-10-26-54(48)61/h1-37H. The summed E-state index contributed by atoms with van der Waals surface area (Å²) >= 11 is 0. The summed E-state index contributed by atoms with van der Waals surface area (Å²) in [6.07, 6.45) is 0. The van der Waals surface area contributed by atoms with E-state index in [4.69, 9.17) is 0 Å². The van der Waals surface area contributed by atoms with Crippen LogP contribution in [0, 0.1) is 0 Å². The predicted octanol–water partition coefficient (Wildman–Crippen LogP) is 15.9. The summed E-state index contributed by atoms with van der Waals surface area (Å²) in [6.45, 7) is 0. The summed E-state index contributed by atoms with van der Waals surface area (Å²) in [4.78, 5) is 0. The van der Waals surface area contributed by atoms with Crippen LogP contribution in [-0.4, -0.2) is 4.57 Å². The summed E-state index contributed by atoms with van der Waals surface area (Å²) in [5.74, 6) is 0. The van der Waals surface area contributed by atoms with E-state index in [0.29, 0.717) is 0 Å². The van der Waals surface area contributed by atoms with Gasteiger partial charge in [0.05, 0.1) is 22.1 Å². The zero-order valence-corrected chi connectivity index (χ0v) is 33.8. The SMILES string of the molecule is c1cc(-c2ccc3c4ccccc4c4ccccc4c3c2)cc(-c2ccc3c4ccccc4n(-c4cccc5c4-c4ccccc4C54c5ccccc5-c5ccccc54)c3c2)c1. The van der Waals surface area contributed by atoms with E-state index >= 15 is 0 Å². The topological polar surface area (TPSA) is 4.93 Å². The largest absolute Gasteiger partial charge is 0.309 e. The lowest BCUT2D eigenvalue weighted by Gasteiger charge is -2.30. The molecule has 12 aromatic rings. The molecule has 2 aliphatic carbocycles. The van der Waals surface area contributed by atoms with Crippen molar-refractivity contribution in [1.82, 2.24) is 4.57 Å². The van der Waals surface area contributed by atoms with Gasteiger partial charge >= 0.3 is 0 Å². The highest BCUT2D eigenvalue weighted by Crippen LogP contribution is 2.63. The fourth-order valence-electron chi connectivity index (χ4n) is 11.7. The Morgan fingerprint density at radius 1 is 0.258 bits per heavy atom. The number of nitrogens with zero attached hydrogens (tertiary/aromatic N) is 1. The van der Waals surface area contributed by atoms with E-state index in [-0.39, 0.29) is 0 Å². The lowest BCUT2D eigenvalue weighted by molar-refractivity contribution is 0.793. The number of aromatic nitrogens is 1. The van der Waals surface area contributed by atoms with Gasteiger partial charge in [0.1, 0.15) is 0 Å². The van der Waals surface area contributed by atoms with Gasteiger partial charge in [-0.2, -0.15) is 0 Å². The van der Waals surface area contributed by atoms with Gasteiger partial charge in [0.2, 0.25) is 0 Å². The van der Waals surface area contributed by atoms with Gasteiger partial charge in [0, 0.05) is 16.3 Å². The lowest BCUT2D eigenvalue weighted by atomic mass is 9.70. The first kappa shape index (κ1) is 33.8. The molecule has 1 nitrogen and oxygen atoms in total. The molecule has 0 fully saturated rings. The molecule has 0 N–H and O–H groups in total. The van der Waals surface area contributed by atoms with Gasteiger partial charge < -0.3 is 4.57 Å². The Balaban J connectivity index is 0.974. The van der Waals surface area contributed by atoms with E-state index in [9.17, 15) is 0 Å². The van der Waals surface area contributed by atoms with Crippen LogP contribution >= 0.6 is 0 Å². The number of para-hydroxylation sites is 1. The summed E-state index contributed by atoms with van der Waals surface area (Å²) in [7, 11) is 0. The van der Waals surface area contributed by atoms with Crippen LogP contribution in [0.2, 0.25) is 0 Å². The minimum Gasteiger partial charge on any atom is -0.309 e. The fraction of sp³-hybridized carbons (Fsp3) is 0.0164. The van der Waals surface area contributed by atoms with Crippen molar-refractivity contribution >= 4 is 54.1 Å². The molecule has 0 aliphatic heterocycles. The number of hydrogen-bond donors (Lipinski definition) is 0. The predicted molar refractivity (Wildman–Crippen MR) is 260 cm³/mol. The Bertz CT molecular complexity index is 3800. The normalized spacial score (nSPS) is 13.3. The summed E-state index contributed by atoms with van der Waals surface area (Å²) in [6, 6.07) is 84.0. The molecule has 1 heterocycles. The van der Waals surface area contributed by atoms with Crippen LogP contribution in [-0.2, 0) is 5.41 Å². The van der Waals surface area contributed by atoms with Gasteiger partial charge in [-0.25, -0.2) is 0 Å². The third-order valence-corrected chi connectivity index (χ3v) is 14.2. The van der Waals surface area contributed by atoms with Crippen LogP contribution in [0.5, 0.6) is 0 Å². The van der Waals surface area contributed by atoms with Crippen LogP contribution in [0.25, 0.3) is 104 Å². The van der Waals surface area contributed by atoms with Gasteiger partial charge in [0.15, 0.2) is 0 Å². The van der Waals surface area contributed by atoms with Gasteiger partial charge in [0.25, 0.3) is 0 Å². The minimum atomic E-state index is -0.401. The molecule has 0 radical (unpaired) electrons. The molecule has 0 unspecified atom stereocenters. The molecule has 0 bridgehead atoms. The molecule has 1 spiro atoms. The molecule has 0 atom stereocenters. The van der Waals surface area contributed by atoms with Crippen molar-refractivity contribution < 1.29 is 0 Å². The average molecular weight is 784 g/mol. The zero-order chi connectivity index (χ0) is 40.5. The minimum absolute atomic E-state index is 0.401. The zero-order valence-electron chi connectivity index (χ0n) is 33.8. The second kappa shape index (κ2) is 12.5. The molecule has 286 valence electrons. The summed E-state index contributed by atoms with van der Waals surface area (Å²) in [5.41, 5.74) is 18.7. The van der Waals surface area contributed by atoms with Crippen LogP contribution in [0.3, 0.4) is 0 Å². The van der Waals surface area contributed by atoms with Crippen LogP contribution in [0.4, 0.5) is 0 Å². The highest BCUT2D eigenvalue weighted by atomic mass is 15.0. The quantitative estimate of drug-likeness (QED) is 0.157. The lowest BCUT2D eigenvalue weighted by Crippen LogP contribution is -2.25. The Hall–Kier alpha value is -8.00. The average Bonchev–Trinajstić information content (AvgIpc) is 3.96. The number of hydrogen-bond acceptors (Lipinski definition) is 0. The highest BCUT2D eigenvalue weighted by molar-refractivity contribution is 6.25. The molecule has 2 aliphatic rings. The van der Waals surface area contributed by atoms with E-state index < -0.39 is 5.41 Å². The molecule has 62 heavy (non-hydrogen) atoms. The molecular weight excluding hydrogens is 747 g/mol. The van der Waals surface area contributed by atoms with Gasteiger partial charge in [-0.3, -0.25) is 0 Å². The monoisotopic (exact) mass is 783 g/mol. The van der Waals surface area contributed by atoms with E-state index in [2.05, 4.69) is 229 Å². The molecule has 0 amide bonds. The van der Waals surface area contributed by atoms with Crippen molar-refractivity contribution in [3.05, 3.63) is 247 Å². The molecule has 1 aromatic heterocycles. The van der Waals surface area contributed by atoms with Crippen molar-refractivity contribution in [2.45, 2.75) is 5.41 Å². The Kier molecular flexibility index (Phi) is 6.82. The van der Waals surface area contributed by atoms with Crippen molar-refractivity contribution in [3.8, 4) is 50.2 Å². The smallest absolute Gasteiger partial charge is 0.0726 e. The maximum atomic E-state index is 2.54. The first-order chi connectivity index (χ1) is 30.8. The Labute approximate surface area is 359 Å². The number of rotatable bonds is 3. The third-order valence-electron chi connectivity index (χ3n) is 14.2. The van der Waals surface area contributed by atoms with E-state index in [1.165, 1.54) is 127 Å². The number of fused-ring (bicyclic) bond motifs is 19. The molecular formula is C61H37N. The van der Waals surface area contributed by atoms with Crippen LogP contribution in [0.1, 0.15) is 22.3 Å². The first-order valence-corrected chi connectivity index (χ1v) is 21.7.